The molecule has 25 heavy (non-hydrogen) atoms. The van der Waals surface area contributed by atoms with Crippen LogP contribution in [0.25, 0.3) is 0 Å². The first-order valence-corrected chi connectivity index (χ1v) is 7.78. The number of carboxylic acid groups (broad SMARTS) is 1. The summed E-state index contributed by atoms with van der Waals surface area (Å²) in [6, 6.07) is -1.21. The van der Waals surface area contributed by atoms with Crippen LogP contribution in [0.15, 0.2) is 12.2 Å². The van der Waals surface area contributed by atoms with Gasteiger partial charge in [-0.2, -0.15) is 0 Å². The number of hydrogen-bond acceptors (Lipinski definition) is 6. The van der Waals surface area contributed by atoms with E-state index in [9.17, 15) is 24.0 Å². The highest BCUT2D eigenvalue weighted by Gasteiger charge is 2.22. The highest BCUT2D eigenvalue weighted by Crippen LogP contribution is 2.07. The molecule has 0 saturated carbocycles. The highest BCUT2D eigenvalue weighted by atomic mass is 16.4. The molecule has 0 radical (unpaired) electrons. The van der Waals surface area contributed by atoms with Gasteiger partial charge in [0.15, 0.2) is 0 Å². The summed E-state index contributed by atoms with van der Waals surface area (Å²) < 4.78 is 0. The Morgan fingerprint density at radius 2 is 1.72 bits per heavy atom. The summed E-state index contributed by atoms with van der Waals surface area (Å²) in [7, 11) is 0. The number of carboxylic acids is 1. The van der Waals surface area contributed by atoms with Crippen LogP contribution in [-0.2, 0) is 24.0 Å². The van der Waals surface area contributed by atoms with E-state index >= 15 is 0 Å². The first-order chi connectivity index (χ1) is 11.8. The molecule has 0 spiro atoms. The Morgan fingerprint density at radius 1 is 1.08 bits per heavy atom. The Bertz CT molecular complexity index is 555. The van der Waals surface area contributed by atoms with Crippen LogP contribution in [0.1, 0.15) is 25.7 Å². The lowest BCUT2D eigenvalue weighted by Crippen LogP contribution is -2.49. The molecule has 1 heterocycles. The first-order valence-electron chi connectivity index (χ1n) is 7.78. The summed E-state index contributed by atoms with van der Waals surface area (Å²) in [5.41, 5.74) is 0. The quantitative estimate of drug-likeness (QED) is 0.251. The van der Waals surface area contributed by atoms with Crippen molar-refractivity contribution in [2.45, 2.75) is 31.7 Å². The number of unbranched alkanes of at least 4 members (excludes halogenated alkanes) is 2. The van der Waals surface area contributed by atoms with Crippen molar-refractivity contribution >= 4 is 29.6 Å². The Morgan fingerprint density at radius 3 is 2.28 bits per heavy atom. The number of rotatable bonds is 11. The lowest BCUT2D eigenvalue weighted by molar-refractivity contribution is -0.139. The molecule has 10 nitrogen and oxygen atoms in total. The summed E-state index contributed by atoms with van der Waals surface area (Å²) in [6.07, 6.45) is 4.14. The van der Waals surface area contributed by atoms with Gasteiger partial charge in [0.25, 0.3) is 11.8 Å². The SMILES string of the molecule is O=C(O)CNC(=O)[C@H](CO)NC(=O)CCCCCN1C(=O)C=CC1=O. The van der Waals surface area contributed by atoms with Crippen LogP contribution in [0, 0.1) is 0 Å². The average molecular weight is 355 g/mol. The van der Waals surface area contributed by atoms with Gasteiger partial charge in [0.05, 0.1) is 6.61 Å². The molecule has 1 aliphatic heterocycles. The maximum atomic E-state index is 11.7. The summed E-state index contributed by atoms with van der Waals surface area (Å²) in [5.74, 6) is -3.17. The van der Waals surface area contributed by atoms with Gasteiger partial charge >= 0.3 is 5.97 Å². The third-order valence-corrected chi connectivity index (χ3v) is 3.43. The summed E-state index contributed by atoms with van der Waals surface area (Å²) in [6.45, 7) is -0.972. The highest BCUT2D eigenvalue weighted by molar-refractivity contribution is 6.12. The number of nitrogens with one attached hydrogen (secondary N) is 2. The van der Waals surface area contributed by atoms with Crippen molar-refractivity contribution in [1.29, 1.82) is 0 Å². The number of amides is 4. The molecule has 1 aliphatic rings. The van der Waals surface area contributed by atoms with Gasteiger partial charge in [-0.3, -0.25) is 28.9 Å². The molecule has 138 valence electrons. The minimum atomic E-state index is -1.23. The van der Waals surface area contributed by atoms with Gasteiger partial charge in [-0.25, -0.2) is 0 Å². The van der Waals surface area contributed by atoms with Crippen LogP contribution in [0.5, 0.6) is 0 Å². The van der Waals surface area contributed by atoms with E-state index in [0.717, 1.165) is 4.90 Å². The third kappa shape index (κ3) is 7.12. The molecule has 0 aromatic rings. The van der Waals surface area contributed by atoms with Crippen molar-refractivity contribution in [1.82, 2.24) is 15.5 Å². The molecule has 4 amide bonds. The van der Waals surface area contributed by atoms with Crippen molar-refractivity contribution in [3.05, 3.63) is 12.2 Å². The second-order valence-electron chi connectivity index (χ2n) is 5.39. The Balaban J connectivity index is 2.20. The Hall–Kier alpha value is -2.75. The zero-order chi connectivity index (χ0) is 18.8. The standard InChI is InChI=1S/C15H21N3O7/c19-9-10(15(25)16-8-14(23)24)17-11(20)4-2-1-3-7-18-12(21)5-6-13(18)22/h5-6,10,19H,1-4,7-9H2,(H,16,25)(H,17,20)(H,23,24)/t10-/m0/s1. The number of aliphatic hydroxyl groups excluding tert-OH is 1. The van der Waals surface area contributed by atoms with Gasteiger partial charge in [0.2, 0.25) is 11.8 Å². The average Bonchev–Trinajstić information content (AvgIpc) is 2.88. The van der Waals surface area contributed by atoms with Crippen LogP contribution < -0.4 is 10.6 Å². The van der Waals surface area contributed by atoms with Crippen LogP contribution >= 0.6 is 0 Å². The van der Waals surface area contributed by atoms with Gasteiger partial charge in [-0.05, 0) is 12.8 Å². The van der Waals surface area contributed by atoms with E-state index in [1.807, 2.05) is 0 Å². The van der Waals surface area contributed by atoms with Crippen LogP contribution in [0.4, 0.5) is 0 Å². The van der Waals surface area contributed by atoms with Crippen molar-refractivity contribution < 1.29 is 34.2 Å². The molecule has 0 saturated heterocycles. The first kappa shape index (κ1) is 20.3. The van der Waals surface area contributed by atoms with Gasteiger partial charge in [-0.15, -0.1) is 0 Å². The number of imide groups is 1. The van der Waals surface area contributed by atoms with E-state index in [2.05, 4.69) is 10.6 Å². The lowest BCUT2D eigenvalue weighted by atomic mass is 10.1. The fourth-order valence-corrected chi connectivity index (χ4v) is 2.13. The smallest absolute Gasteiger partial charge is 0.322 e. The summed E-state index contributed by atoms with van der Waals surface area (Å²) in [5, 5.41) is 21.9. The van der Waals surface area contributed by atoms with Gasteiger partial charge in [0.1, 0.15) is 12.6 Å². The molecule has 0 aliphatic carbocycles. The molecule has 0 aromatic heterocycles. The molecule has 0 bridgehead atoms. The largest absolute Gasteiger partial charge is 0.480 e. The van der Waals surface area contributed by atoms with Crippen molar-refractivity contribution in [2.24, 2.45) is 0 Å². The maximum Gasteiger partial charge on any atom is 0.322 e. The van der Waals surface area contributed by atoms with E-state index in [1.165, 1.54) is 12.2 Å². The van der Waals surface area contributed by atoms with E-state index in [0.29, 0.717) is 19.3 Å². The summed E-state index contributed by atoms with van der Waals surface area (Å²) >= 11 is 0. The van der Waals surface area contributed by atoms with Crippen molar-refractivity contribution in [2.75, 3.05) is 19.7 Å². The summed E-state index contributed by atoms with van der Waals surface area (Å²) in [4.78, 5) is 57.4. The number of carbonyl (C=O) groups excluding carboxylic acids is 4. The van der Waals surface area contributed by atoms with Crippen LogP contribution in [0.3, 0.4) is 0 Å². The number of nitrogens with zero attached hydrogens (tertiary/aromatic N) is 1. The molecule has 10 heteroatoms. The van der Waals surface area contributed by atoms with Gasteiger partial charge < -0.3 is 20.8 Å². The van der Waals surface area contributed by atoms with E-state index in [-0.39, 0.29) is 24.8 Å². The Kier molecular flexibility index (Phi) is 8.27. The second kappa shape index (κ2) is 10.2. The van der Waals surface area contributed by atoms with Crippen molar-refractivity contribution in [3.63, 3.8) is 0 Å². The van der Waals surface area contributed by atoms with E-state index < -0.39 is 37.0 Å². The molecular weight excluding hydrogens is 334 g/mol. The number of aliphatic hydroxyl groups is 1. The van der Waals surface area contributed by atoms with Crippen LogP contribution in [-0.4, -0.2) is 70.4 Å². The van der Waals surface area contributed by atoms with E-state index in [4.69, 9.17) is 10.2 Å². The Labute approximate surface area is 143 Å². The van der Waals surface area contributed by atoms with Gasteiger partial charge in [0, 0.05) is 25.1 Å². The zero-order valence-corrected chi connectivity index (χ0v) is 13.6. The molecule has 1 atom stereocenters. The number of aliphatic carboxylic acids is 1. The predicted octanol–water partition coefficient (Wildman–Crippen LogP) is -1.85. The number of carbonyl (C=O) groups is 5. The van der Waals surface area contributed by atoms with Crippen LogP contribution in [0.2, 0.25) is 0 Å². The fraction of sp³-hybridized carbons (Fsp3) is 0.533. The monoisotopic (exact) mass is 355 g/mol. The normalized spacial score (nSPS) is 14.5. The molecule has 0 fully saturated rings. The molecule has 1 rings (SSSR count). The molecule has 0 unspecified atom stereocenters. The minimum absolute atomic E-state index is 0.100. The van der Waals surface area contributed by atoms with Gasteiger partial charge in [-0.1, -0.05) is 6.42 Å². The predicted molar refractivity (Wildman–Crippen MR) is 84.0 cm³/mol. The third-order valence-electron chi connectivity index (χ3n) is 3.43. The van der Waals surface area contributed by atoms with E-state index in [1.54, 1.807) is 0 Å². The fourth-order valence-electron chi connectivity index (χ4n) is 2.13. The topological polar surface area (TPSA) is 153 Å². The van der Waals surface area contributed by atoms with Crippen molar-refractivity contribution in [3.8, 4) is 0 Å². The zero-order valence-electron chi connectivity index (χ0n) is 13.6. The molecular formula is C15H21N3O7. The minimum Gasteiger partial charge on any atom is -0.480 e. The lowest BCUT2D eigenvalue weighted by Gasteiger charge is -2.16. The number of hydrogen-bond donors (Lipinski definition) is 4. The second-order valence-corrected chi connectivity index (χ2v) is 5.39. The molecule has 4 N–H and O–H groups in total. The maximum absolute atomic E-state index is 11.7. The molecule has 0 aromatic carbocycles.